The van der Waals surface area contributed by atoms with E-state index in [0.717, 1.165) is 0 Å². The topological polar surface area (TPSA) is 87.5 Å². The monoisotopic (exact) mass is 266 g/mol. The van der Waals surface area contributed by atoms with Crippen LogP contribution in [0.4, 0.5) is 0 Å². The fraction of sp³-hybridized carbons (Fsp3) is 0.583. The van der Waals surface area contributed by atoms with Gasteiger partial charge < -0.3 is 9.47 Å². The molecule has 0 fully saturated rings. The summed E-state index contributed by atoms with van der Waals surface area (Å²) in [4.78, 5) is 29.4. The molecule has 0 aromatic carbocycles. The van der Waals surface area contributed by atoms with E-state index < -0.39 is 11.3 Å². The van der Waals surface area contributed by atoms with Gasteiger partial charge in [-0.3, -0.25) is 14.8 Å². The first-order valence-electron chi connectivity index (χ1n) is 6.13. The van der Waals surface area contributed by atoms with Gasteiger partial charge >= 0.3 is 0 Å². The second kappa shape index (κ2) is 4.65. The zero-order chi connectivity index (χ0) is 14.2. The average molecular weight is 266 g/mol. The molecule has 0 aliphatic carbocycles. The summed E-state index contributed by atoms with van der Waals surface area (Å²) in [6.07, 6.45) is 1.58. The second-order valence-corrected chi connectivity index (χ2v) is 5.65. The molecule has 2 N–H and O–H groups in total. The summed E-state index contributed by atoms with van der Waals surface area (Å²) < 4.78 is 1.83. The summed E-state index contributed by atoms with van der Waals surface area (Å²) in [5.41, 5.74) is 1.28. The zero-order valence-corrected chi connectivity index (χ0v) is 11.3. The first kappa shape index (κ1) is 13.5. The molecule has 7 nitrogen and oxygen atoms in total. The smallest absolute Gasteiger partial charge is 0.294 e. The van der Waals surface area contributed by atoms with Crippen molar-refractivity contribution in [3.63, 3.8) is 0 Å². The van der Waals surface area contributed by atoms with Crippen LogP contribution in [-0.2, 0) is 17.9 Å². The predicted octanol–water partition coefficient (Wildman–Crippen LogP) is 0.390. The fourth-order valence-electron chi connectivity index (χ4n) is 2.07. The van der Waals surface area contributed by atoms with Crippen molar-refractivity contribution in [3.8, 4) is 0 Å². The van der Waals surface area contributed by atoms with Gasteiger partial charge in [0.2, 0.25) is 5.91 Å². The van der Waals surface area contributed by atoms with Gasteiger partial charge in [-0.15, -0.1) is 0 Å². The van der Waals surface area contributed by atoms with E-state index in [1.807, 2.05) is 25.3 Å². The highest BCUT2D eigenvalue weighted by atomic mass is 16.5. The number of nitrogens with one attached hydrogen (secondary N) is 1. The highest BCUT2D eigenvalue weighted by Crippen LogP contribution is 2.21. The zero-order valence-electron chi connectivity index (χ0n) is 11.3. The van der Waals surface area contributed by atoms with Gasteiger partial charge in [-0.1, -0.05) is 20.8 Å². The van der Waals surface area contributed by atoms with Gasteiger partial charge in [-0.05, 0) is 0 Å². The van der Waals surface area contributed by atoms with Crippen molar-refractivity contribution in [2.75, 3.05) is 6.54 Å². The Labute approximate surface area is 111 Å². The number of rotatable bonds is 1. The molecular weight excluding hydrogens is 248 g/mol. The molecule has 0 spiro atoms. The SMILES string of the molecule is CC(C)(C)C(=O)N1CCn2cc(C(=O)NO)nc2C1. The molecular formula is C12H18N4O3. The van der Waals surface area contributed by atoms with Crippen LogP contribution in [0, 0.1) is 5.41 Å². The molecule has 0 unspecified atom stereocenters. The molecule has 1 aromatic rings. The molecule has 19 heavy (non-hydrogen) atoms. The number of amides is 2. The third-order valence-corrected chi connectivity index (χ3v) is 3.07. The summed E-state index contributed by atoms with van der Waals surface area (Å²) in [5, 5.41) is 8.58. The maximum absolute atomic E-state index is 12.2. The molecule has 0 atom stereocenters. The average Bonchev–Trinajstić information content (AvgIpc) is 2.78. The molecule has 2 heterocycles. The van der Waals surface area contributed by atoms with Crippen molar-refractivity contribution >= 4 is 11.8 Å². The van der Waals surface area contributed by atoms with Crippen LogP contribution in [0.15, 0.2) is 6.20 Å². The molecule has 104 valence electrons. The van der Waals surface area contributed by atoms with Crippen LogP contribution in [0.1, 0.15) is 37.1 Å². The van der Waals surface area contributed by atoms with Gasteiger partial charge in [0.1, 0.15) is 11.5 Å². The first-order chi connectivity index (χ1) is 8.82. The number of carbonyl (C=O) groups is 2. The van der Waals surface area contributed by atoms with Crippen molar-refractivity contribution in [3.05, 3.63) is 17.7 Å². The molecule has 2 rings (SSSR count). The summed E-state index contributed by atoms with van der Waals surface area (Å²) in [6.45, 7) is 7.21. The summed E-state index contributed by atoms with van der Waals surface area (Å²) >= 11 is 0. The van der Waals surface area contributed by atoms with Gasteiger partial charge in [0.05, 0.1) is 6.54 Å². The highest BCUT2D eigenvalue weighted by molar-refractivity contribution is 5.91. The molecule has 1 aliphatic rings. The van der Waals surface area contributed by atoms with Crippen molar-refractivity contribution in [2.45, 2.75) is 33.9 Å². The van der Waals surface area contributed by atoms with Gasteiger partial charge in [-0.2, -0.15) is 0 Å². The van der Waals surface area contributed by atoms with Crippen LogP contribution in [0.3, 0.4) is 0 Å². The fourth-order valence-corrected chi connectivity index (χ4v) is 2.07. The van der Waals surface area contributed by atoms with Crippen molar-refractivity contribution < 1.29 is 14.8 Å². The maximum atomic E-state index is 12.2. The minimum absolute atomic E-state index is 0.0647. The first-order valence-corrected chi connectivity index (χ1v) is 6.13. The highest BCUT2D eigenvalue weighted by Gasteiger charge is 2.30. The van der Waals surface area contributed by atoms with Crippen molar-refractivity contribution in [1.82, 2.24) is 19.9 Å². The number of fused-ring (bicyclic) bond motifs is 1. The summed E-state index contributed by atoms with van der Waals surface area (Å²) in [7, 11) is 0. The molecule has 1 aliphatic heterocycles. The third kappa shape index (κ3) is 2.60. The summed E-state index contributed by atoms with van der Waals surface area (Å²) in [5.74, 6) is 0.0768. The lowest BCUT2D eigenvalue weighted by Gasteiger charge is -2.32. The largest absolute Gasteiger partial charge is 0.333 e. The van der Waals surface area contributed by atoms with Crippen LogP contribution >= 0.6 is 0 Å². The Morgan fingerprint density at radius 2 is 2.05 bits per heavy atom. The number of nitrogens with zero attached hydrogens (tertiary/aromatic N) is 3. The number of hydrogen-bond acceptors (Lipinski definition) is 4. The van der Waals surface area contributed by atoms with E-state index in [1.165, 1.54) is 0 Å². The summed E-state index contributed by atoms with van der Waals surface area (Å²) in [6, 6.07) is 0. The number of carbonyl (C=O) groups excluding carboxylic acids is 2. The van der Waals surface area contributed by atoms with E-state index in [4.69, 9.17) is 5.21 Å². The number of hydrogen-bond donors (Lipinski definition) is 2. The molecule has 0 saturated carbocycles. The Kier molecular flexibility index (Phi) is 3.32. The van der Waals surface area contributed by atoms with Crippen LogP contribution < -0.4 is 5.48 Å². The lowest BCUT2D eigenvalue weighted by atomic mass is 9.94. The standard InChI is InChI=1S/C12H18N4O3/c1-12(2,3)11(18)16-5-4-15-6-8(10(17)14-19)13-9(15)7-16/h6,19H,4-5,7H2,1-3H3,(H,14,17). The van der Waals surface area contributed by atoms with E-state index in [-0.39, 0.29) is 11.6 Å². The van der Waals surface area contributed by atoms with E-state index in [9.17, 15) is 9.59 Å². The number of aromatic nitrogens is 2. The van der Waals surface area contributed by atoms with Crippen LogP contribution in [0.2, 0.25) is 0 Å². The van der Waals surface area contributed by atoms with Gasteiger partial charge in [0.15, 0.2) is 0 Å². The predicted molar refractivity (Wildman–Crippen MR) is 66.4 cm³/mol. The molecule has 2 amide bonds. The molecule has 7 heteroatoms. The van der Waals surface area contributed by atoms with Crippen molar-refractivity contribution in [1.29, 1.82) is 0 Å². The molecule has 0 radical (unpaired) electrons. The van der Waals surface area contributed by atoms with Crippen LogP contribution in [-0.4, -0.2) is 38.0 Å². The minimum atomic E-state index is -0.643. The Hall–Kier alpha value is -1.89. The van der Waals surface area contributed by atoms with Gasteiger partial charge in [0.25, 0.3) is 5.91 Å². The van der Waals surface area contributed by atoms with Crippen LogP contribution in [0.5, 0.6) is 0 Å². The Balaban J connectivity index is 2.18. The Bertz CT molecular complexity index is 516. The minimum Gasteiger partial charge on any atom is -0.333 e. The number of hydroxylamine groups is 1. The second-order valence-electron chi connectivity index (χ2n) is 5.65. The molecule has 1 aromatic heterocycles. The van der Waals surface area contributed by atoms with E-state index in [0.29, 0.717) is 25.5 Å². The van der Waals surface area contributed by atoms with E-state index in [1.54, 1.807) is 16.6 Å². The van der Waals surface area contributed by atoms with Crippen LogP contribution in [0.25, 0.3) is 0 Å². The van der Waals surface area contributed by atoms with Gasteiger partial charge in [0, 0.05) is 24.7 Å². The van der Waals surface area contributed by atoms with E-state index >= 15 is 0 Å². The Morgan fingerprint density at radius 1 is 1.37 bits per heavy atom. The van der Waals surface area contributed by atoms with Gasteiger partial charge in [-0.25, -0.2) is 10.5 Å². The normalized spacial score (nSPS) is 15.1. The lowest BCUT2D eigenvalue weighted by molar-refractivity contribution is -0.141. The Morgan fingerprint density at radius 3 is 2.63 bits per heavy atom. The quantitative estimate of drug-likeness (QED) is 0.568. The van der Waals surface area contributed by atoms with Crippen molar-refractivity contribution in [2.24, 2.45) is 5.41 Å². The maximum Gasteiger partial charge on any atom is 0.294 e. The number of imidazole rings is 1. The third-order valence-electron chi connectivity index (χ3n) is 3.07. The molecule has 0 saturated heterocycles. The molecule has 0 bridgehead atoms. The lowest BCUT2D eigenvalue weighted by Crippen LogP contribution is -2.43. The van der Waals surface area contributed by atoms with E-state index in [2.05, 4.69) is 4.98 Å².